The van der Waals surface area contributed by atoms with Crippen LogP contribution in [0.1, 0.15) is 71.1 Å². The molecule has 0 aromatic heterocycles. The van der Waals surface area contributed by atoms with Gasteiger partial charge in [0.1, 0.15) is 0 Å². The van der Waals surface area contributed by atoms with Gasteiger partial charge in [-0.05, 0) is 111 Å². The number of rotatable bonds is 1. The second-order valence-electron chi connectivity index (χ2n) is 11.6. The van der Waals surface area contributed by atoms with Crippen molar-refractivity contribution in [1.82, 2.24) is 4.90 Å². The summed E-state index contributed by atoms with van der Waals surface area (Å²) in [6, 6.07) is 0. The van der Waals surface area contributed by atoms with Crippen molar-refractivity contribution in [2.24, 2.45) is 40.9 Å². The van der Waals surface area contributed by atoms with Crippen molar-refractivity contribution in [2.75, 3.05) is 19.7 Å². The molecule has 0 aromatic rings. The van der Waals surface area contributed by atoms with Crippen LogP contribution in [0.15, 0.2) is 23.4 Å². The highest BCUT2D eigenvalue weighted by Gasteiger charge is 2.76. The Morgan fingerprint density at radius 1 is 1.04 bits per heavy atom. The van der Waals surface area contributed by atoms with Gasteiger partial charge < -0.3 is 9.64 Å². The lowest BCUT2D eigenvalue weighted by Gasteiger charge is -2.57. The second-order valence-corrected chi connectivity index (χ2v) is 11.6. The number of fused-ring (bicyclic) bond motifs is 9. The Balaban J connectivity index is 1.20. The van der Waals surface area contributed by atoms with Gasteiger partial charge >= 0.3 is 0 Å². The summed E-state index contributed by atoms with van der Waals surface area (Å²) >= 11 is 0. The summed E-state index contributed by atoms with van der Waals surface area (Å²) in [5.41, 5.74) is 4.16. The molecule has 28 heavy (non-hydrogen) atoms. The predicted molar refractivity (Wildman–Crippen MR) is 112 cm³/mol. The molecule has 0 bridgehead atoms. The van der Waals surface area contributed by atoms with Crippen molar-refractivity contribution in [1.29, 1.82) is 0 Å². The third-order valence-electron chi connectivity index (χ3n) is 10.8. The first-order valence-corrected chi connectivity index (χ1v) is 12.5. The van der Waals surface area contributed by atoms with E-state index >= 15 is 0 Å². The normalized spacial score (nSPS) is 54.0. The van der Waals surface area contributed by atoms with Crippen LogP contribution in [0.4, 0.5) is 0 Å². The average molecular weight is 380 g/mol. The maximum absolute atomic E-state index is 6.65. The van der Waals surface area contributed by atoms with E-state index in [1.807, 2.05) is 0 Å². The van der Waals surface area contributed by atoms with Gasteiger partial charge in [-0.15, -0.1) is 0 Å². The first kappa shape index (κ1) is 17.0. The number of allylic oxidation sites excluding steroid dienone is 4. The molecule has 2 saturated heterocycles. The molecular weight excluding hydrogens is 342 g/mol. The Kier molecular flexibility index (Phi) is 3.44. The lowest BCUT2D eigenvalue weighted by molar-refractivity contribution is -0.144. The summed E-state index contributed by atoms with van der Waals surface area (Å²) in [4.78, 5) is 2.69. The molecule has 0 radical (unpaired) electrons. The highest BCUT2D eigenvalue weighted by atomic mass is 16.5. The van der Waals surface area contributed by atoms with E-state index in [-0.39, 0.29) is 5.60 Å². The summed E-state index contributed by atoms with van der Waals surface area (Å²) in [6.07, 6.45) is 19.3. The van der Waals surface area contributed by atoms with Crippen molar-refractivity contribution in [3.8, 4) is 0 Å². The third kappa shape index (κ3) is 1.99. The minimum atomic E-state index is 0.284. The summed E-state index contributed by atoms with van der Waals surface area (Å²) in [5.74, 6) is 5.66. The smallest absolute Gasteiger partial charge is 0.0770 e. The van der Waals surface area contributed by atoms with Gasteiger partial charge in [0.25, 0.3) is 0 Å². The van der Waals surface area contributed by atoms with Crippen LogP contribution in [0.2, 0.25) is 0 Å². The molecule has 7 rings (SSSR count). The summed E-state index contributed by atoms with van der Waals surface area (Å²) < 4.78 is 6.65. The maximum atomic E-state index is 6.65. The van der Waals surface area contributed by atoms with Gasteiger partial charge in [-0.2, -0.15) is 0 Å². The van der Waals surface area contributed by atoms with Gasteiger partial charge in [-0.25, -0.2) is 0 Å². The number of likely N-dealkylation sites (tertiary alicyclic amines) is 1. The summed E-state index contributed by atoms with van der Waals surface area (Å²) in [7, 11) is 0. The number of hydrogen-bond donors (Lipinski definition) is 0. The first-order valence-electron chi connectivity index (χ1n) is 12.5. The monoisotopic (exact) mass is 379 g/mol. The number of hydrogen-bond acceptors (Lipinski definition) is 2. The van der Waals surface area contributed by atoms with Crippen LogP contribution in [0.5, 0.6) is 0 Å². The molecule has 0 amide bonds. The number of ether oxygens (including phenoxy) is 1. The molecule has 5 fully saturated rings. The minimum Gasteiger partial charge on any atom is -0.375 e. The fraction of sp³-hybridized carbons (Fsp3) is 0.846. The standard InChI is InChI=1S/C26H37NO/c1-25-11-9-20-19-8-6-18(27-12-2-3-13-27)15-17(19)5-7-21(20)24(25)22-16-23(22)26(25)10-4-14-28-26/h5,15,19-24H,2-4,6-14,16H2,1H3/t19?,20?,21?,22-,23+,24?,25+,26+/m1/s1. The third-order valence-corrected chi connectivity index (χ3v) is 10.8. The fourth-order valence-corrected chi connectivity index (χ4v) is 9.71. The molecule has 152 valence electrons. The van der Waals surface area contributed by atoms with Gasteiger partial charge in [-0.3, -0.25) is 0 Å². The Morgan fingerprint density at radius 2 is 1.93 bits per heavy atom. The highest BCUT2D eigenvalue weighted by Crippen LogP contribution is 2.78. The molecule has 2 heterocycles. The second kappa shape index (κ2) is 5.68. The average Bonchev–Trinajstić information content (AvgIpc) is 3.12. The Labute approximate surface area is 170 Å². The zero-order valence-corrected chi connectivity index (χ0v) is 17.7. The lowest BCUT2D eigenvalue weighted by Crippen LogP contribution is -2.54. The molecule has 2 aliphatic heterocycles. The molecular formula is C26H37NO. The molecule has 5 aliphatic carbocycles. The van der Waals surface area contributed by atoms with Crippen molar-refractivity contribution in [3.63, 3.8) is 0 Å². The topological polar surface area (TPSA) is 12.5 Å². The van der Waals surface area contributed by atoms with E-state index in [4.69, 9.17) is 4.74 Å². The molecule has 4 unspecified atom stereocenters. The van der Waals surface area contributed by atoms with Crippen LogP contribution in [0.3, 0.4) is 0 Å². The van der Waals surface area contributed by atoms with E-state index in [9.17, 15) is 0 Å². The Bertz CT molecular complexity index is 740. The van der Waals surface area contributed by atoms with Crippen LogP contribution in [-0.4, -0.2) is 30.2 Å². The van der Waals surface area contributed by atoms with Gasteiger partial charge in [0.15, 0.2) is 0 Å². The quantitative estimate of drug-likeness (QED) is 0.592. The molecule has 2 heteroatoms. The van der Waals surface area contributed by atoms with Crippen LogP contribution < -0.4 is 0 Å². The van der Waals surface area contributed by atoms with Crippen molar-refractivity contribution in [3.05, 3.63) is 23.4 Å². The van der Waals surface area contributed by atoms with Crippen LogP contribution >= 0.6 is 0 Å². The summed E-state index contributed by atoms with van der Waals surface area (Å²) in [6.45, 7) is 6.32. The minimum absolute atomic E-state index is 0.284. The van der Waals surface area contributed by atoms with Crippen molar-refractivity contribution in [2.45, 2.75) is 76.7 Å². The Morgan fingerprint density at radius 3 is 2.75 bits per heavy atom. The zero-order valence-electron chi connectivity index (χ0n) is 17.7. The van der Waals surface area contributed by atoms with Crippen molar-refractivity contribution >= 4 is 0 Å². The molecule has 7 aliphatic rings. The van der Waals surface area contributed by atoms with E-state index < -0.39 is 0 Å². The highest BCUT2D eigenvalue weighted by molar-refractivity contribution is 5.35. The maximum Gasteiger partial charge on any atom is 0.0770 e. The largest absolute Gasteiger partial charge is 0.375 e. The molecule has 3 saturated carbocycles. The van der Waals surface area contributed by atoms with Crippen molar-refractivity contribution < 1.29 is 4.74 Å². The Hall–Kier alpha value is -0.760. The zero-order chi connectivity index (χ0) is 18.5. The van der Waals surface area contributed by atoms with E-state index in [2.05, 4.69) is 24.0 Å². The van der Waals surface area contributed by atoms with Crippen LogP contribution in [-0.2, 0) is 4.74 Å². The van der Waals surface area contributed by atoms with E-state index in [0.717, 1.165) is 42.1 Å². The molecule has 2 nitrogen and oxygen atoms in total. The van der Waals surface area contributed by atoms with Crippen LogP contribution in [0, 0.1) is 40.9 Å². The molecule has 0 N–H and O–H groups in total. The van der Waals surface area contributed by atoms with Gasteiger partial charge in [0, 0.05) is 30.8 Å². The molecule has 8 atom stereocenters. The predicted octanol–water partition coefficient (Wildman–Crippen LogP) is 5.55. The van der Waals surface area contributed by atoms with Gasteiger partial charge in [0.05, 0.1) is 5.60 Å². The molecule has 1 spiro atoms. The van der Waals surface area contributed by atoms with E-state index in [0.29, 0.717) is 5.41 Å². The SMILES string of the molecule is C[C@]12CCC3C4CCC(N5CCCC5)=CC4=CCC3C1[C@@H]1C[C@@H]1[C@@]21CCCO1. The fourth-order valence-electron chi connectivity index (χ4n) is 9.71. The molecule has 0 aromatic carbocycles. The lowest BCUT2D eigenvalue weighted by atomic mass is 9.49. The summed E-state index contributed by atoms with van der Waals surface area (Å²) in [5, 5.41) is 0. The van der Waals surface area contributed by atoms with Gasteiger partial charge in [-0.1, -0.05) is 13.0 Å². The first-order chi connectivity index (χ1) is 13.7. The van der Waals surface area contributed by atoms with Crippen LogP contribution in [0.25, 0.3) is 0 Å². The number of nitrogens with zero attached hydrogens (tertiary/aromatic N) is 1. The van der Waals surface area contributed by atoms with Gasteiger partial charge in [0.2, 0.25) is 0 Å². The van der Waals surface area contributed by atoms with E-state index in [1.165, 1.54) is 77.3 Å². The van der Waals surface area contributed by atoms with E-state index in [1.54, 1.807) is 11.3 Å².